The van der Waals surface area contributed by atoms with Crippen LogP contribution in [0.3, 0.4) is 0 Å². The summed E-state index contributed by atoms with van der Waals surface area (Å²) in [6.07, 6.45) is 10.9. The summed E-state index contributed by atoms with van der Waals surface area (Å²) in [6, 6.07) is -1.19. The molecule has 8 nitrogen and oxygen atoms in total. The van der Waals surface area contributed by atoms with Gasteiger partial charge in [-0.2, -0.15) is 0 Å². The monoisotopic (exact) mass is 458 g/mol. The number of amides is 2. The first-order chi connectivity index (χ1) is 15.5. The number of fused-ring (bicyclic) bond motifs is 1. The zero-order chi connectivity index (χ0) is 22.7. The second-order valence-corrected chi connectivity index (χ2v) is 9.70. The van der Waals surface area contributed by atoms with Crippen LogP contribution in [-0.4, -0.2) is 65.0 Å². The Morgan fingerprint density at radius 2 is 2.12 bits per heavy atom. The summed E-state index contributed by atoms with van der Waals surface area (Å²) in [6.45, 7) is 2.52. The van der Waals surface area contributed by atoms with Crippen molar-refractivity contribution < 1.29 is 19.1 Å². The van der Waals surface area contributed by atoms with Crippen LogP contribution < -0.4 is 5.32 Å². The number of ketones is 1. The van der Waals surface area contributed by atoms with Gasteiger partial charge in [0.25, 0.3) is 5.91 Å². The van der Waals surface area contributed by atoms with E-state index in [0.717, 1.165) is 49.0 Å². The van der Waals surface area contributed by atoms with Gasteiger partial charge in [0.1, 0.15) is 18.7 Å². The van der Waals surface area contributed by atoms with Crippen LogP contribution in [0.25, 0.3) is 5.57 Å². The number of Topliss-reactive ketones (excluding diaryl/α,β-unsaturated/α-hetero) is 1. The van der Waals surface area contributed by atoms with E-state index in [9.17, 15) is 14.4 Å². The maximum absolute atomic E-state index is 13.6. The van der Waals surface area contributed by atoms with Crippen molar-refractivity contribution in [1.29, 1.82) is 5.41 Å². The molecule has 4 rings (SSSR count). The molecule has 1 saturated carbocycles. The number of likely N-dealkylation sites (tertiary alicyclic amines) is 1. The standard InChI is InChI=1S/C23H30N4O4S/c1-2-6-15(11-24)18-12-25-22(32-18)21(29)26-19(14-7-4-3-5-8-14)23(30)27-10-9-17-20(27)16(28)13-31-17/h6,11-12,14,17,19-20,24H,2-5,7-10,13H2,1H3,(H,26,29)/b15-6+,24-11?/t17-,19?,20-/m1/s1. The molecule has 1 aliphatic carbocycles. The van der Waals surface area contributed by atoms with Gasteiger partial charge in [-0.05, 0) is 31.6 Å². The van der Waals surface area contributed by atoms with Crippen LogP contribution in [-0.2, 0) is 14.3 Å². The van der Waals surface area contributed by atoms with Crippen LogP contribution in [0.15, 0.2) is 12.3 Å². The summed E-state index contributed by atoms with van der Waals surface area (Å²) in [5, 5.41) is 10.8. The molecule has 2 amide bonds. The van der Waals surface area contributed by atoms with Gasteiger partial charge in [-0.15, -0.1) is 11.3 Å². The highest BCUT2D eigenvalue weighted by Gasteiger charge is 2.49. The Hall–Kier alpha value is -2.39. The molecular weight excluding hydrogens is 428 g/mol. The fourth-order valence-corrected chi connectivity index (χ4v) is 5.87. The maximum atomic E-state index is 13.6. The number of hydrogen-bond acceptors (Lipinski definition) is 7. The van der Waals surface area contributed by atoms with Gasteiger partial charge in [0.2, 0.25) is 5.91 Å². The SMILES string of the molecule is CC/C=C(\C=N)c1cnc(C(=O)NC(C(=O)N2CC[C@H]3OCC(=O)[C@H]32)C2CCCCC2)s1. The van der Waals surface area contributed by atoms with Gasteiger partial charge in [0.05, 0.1) is 11.0 Å². The van der Waals surface area contributed by atoms with Gasteiger partial charge in [-0.25, -0.2) is 4.98 Å². The fourth-order valence-electron chi connectivity index (χ4n) is 5.03. The summed E-state index contributed by atoms with van der Waals surface area (Å²) in [5.41, 5.74) is 0.729. The van der Waals surface area contributed by atoms with E-state index in [1.165, 1.54) is 17.6 Å². The van der Waals surface area contributed by atoms with E-state index in [1.807, 2.05) is 13.0 Å². The lowest BCUT2D eigenvalue weighted by Crippen LogP contribution is -2.55. The molecule has 9 heteroatoms. The highest BCUT2D eigenvalue weighted by Crippen LogP contribution is 2.32. The van der Waals surface area contributed by atoms with Crippen LogP contribution in [0.5, 0.6) is 0 Å². The average Bonchev–Trinajstić information content (AvgIpc) is 3.54. The van der Waals surface area contributed by atoms with Crippen molar-refractivity contribution in [2.24, 2.45) is 5.92 Å². The summed E-state index contributed by atoms with van der Waals surface area (Å²) >= 11 is 1.22. The van der Waals surface area contributed by atoms with Crippen molar-refractivity contribution in [1.82, 2.24) is 15.2 Å². The maximum Gasteiger partial charge on any atom is 0.280 e. The molecular formula is C23H30N4O4S. The highest BCUT2D eigenvalue weighted by atomic mass is 32.1. The predicted octanol–water partition coefficient (Wildman–Crippen LogP) is 2.83. The van der Waals surface area contributed by atoms with Crippen LogP contribution in [0.4, 0.5) is 0 Å². The number of aromatic nitrogens is 1. The average molecular weight is 459 g/mol. The molecule has 0 radical (unpaired) electrons. The Morgan fingerprint density at radius 3 is 2.84 bits per heavy atom. The molecule has 2 aliphatic heterocycles. The second-order valence-electron chi connectivity index (χ2n) is 8.67. The van der Waals surface area contributed by atoms with Gasteiger partial charge in [-0.3, -0.25) is 14.4 Å². The van der Waals surface area contributed by atoms with Crippen LogP contribution in [0.2, 0.25) is 0 Å². The van der Waals surface area contributed by atoms with Crippen molar-refractivity contribution >= 4 is 40.7 Å². The van der Waals surface area contributed by atoms with Crippen LogP contribution in [0.1, 0.15) is 66.5 Å². The van der Waals surface area contributed by atoms with Crippen LogP contribution in [0, 0.1) is 11.3 Å². The van der Waals surface area contributed by atoms with E-state index < -0.39 is 12.1 Å². The third kappa shape index (κ3) is 4.54. The molecule has 1 aromatic heterocycles. The molecule has 2 saturated heterocycles. The number of ether oxygens (including phenoxy) is 1. The zero-order valence-electron chi connectivity index (χ0n) is 18.3. The lowest BCUT2D eigenvalue weighted by atomic mass is 9.83. The summed E-state index contributed by atoms with van der Waals surface area (Å²) in [7, 11) is 0. The number of thiazole rings is 1. The Balaban J connectivity index is 1.53. The van der Waals surface area contributed by atoms with Crippen LogP contribution >= 0.6 is 11.3 Å². The number of hydrogen-bond donors (Lipinski definition) is 2. The minimum Gasteiger partial charge on any atom is -0.368 e. The van der Waals surface area contributed by atoms with E-state index in [2.05, 4.69) is 10.3 Å². The van der Waals surface area contributed by atoms with Crippen molar-refractivity contribution in [2.75, 3.05) is 13.2 Å². The van der Waals surface area contributed by atoms with Gasteiger partial charge in [0.15, 0.2) is 10.8 Å². The Bertz CT molecular complexity index is 921. The predicted molar refractivity (Wildman–Crippen MR) is 122 cm³/mol. The van der Waals surface area contributed by atoms with E-state index in [-0.39, 0.29) is 41.2 Å². The molecule has 172 valence electrons. The quantitative estimate of drug-likeness (QED) is 0.610. The molecule has 1 aromatic rings. The number of carbonyl (C=O) groups excluding carboxylic acids is 3. The van der Waals surface area contributed by atoms with Gasteiger partial charge < -0.3 is 20.4 Å². The third-order valence-electron chi connectivity index (χ3n) is 6.63. The van der Waals surface area contributed by atoms with Gasteiger partial charge in [-0.1, -0.05) is 32.3 Å². The zero-order valence-corrected chi connectivity index (χ0v) is 19.2. The molecule has 1 unspecified atom stereocenters. The van der Waals surface area contributed by atoms with Crippen molar-refractivity contribution in [3.8, 4) is 0 Å². The minimum absolute atomic E-state index is 0.0493. The minimum atomic E-state index is -0.671. The first-order valence-corrected chi connectivity index (χ1v) is 12.3. The summed E-state index contributed by atoms with van der Waals surface area (Å²) in [4.78, 5) is 45.6. The Labute approximate surface area is 191 Å². The molecule has 0 aromatic carbocycles. The molecule has 0 spiro atoms. The first-order valence-electron chi connectivity index (χ1n) is 11.5. The molecule has 0 bridgehead atoms. The number of allylic oxidation sites excluding steroid dienone is 2. The van der Waals surface area contributed by atoms with Crippen molar-refractivity contribution in [2.45, 2.75) is 70.1 Å². The smallest absolute Gasteiger partial charge is 0.280 e. The van der Waals surface area contributed by atoms with Gasteiger partial charge >= 0.3 is 0 Å². The third-order valence-corrected chi connectivity index (χ3v) is 7.68. The van der Waals surface area contributed by atoms with E-state index in [1.54, 1.807) is 11.1 Å². The molecule has 32 heavy (non-hydrogen) atoms. The Morgan fingerprint density at radius 1 is 1.34 bits per heavy atom. The largest absolute Gasteiger partial charge is 0.368 e. The van der Waals surface area contributed by atoms with Gasteiger partial charge in [0, 0.05) is 24.5 Å². The second kappa shape index (κ2) is 10.0. The lowest BCUT2D eigenvalue weighted by molar-refractivity contribution is -0.139. The molecule has 3 fully saturated rings. The molecule has 2 N–H and O–H groups in total. The molecule has 3 aliphatic rings. The normalized spacial score (nSPS) is 25.0. The number of nitrogens with one attached hydrogen (secondary N) is 2. The molecule has 3 atom stereocenters. The highest BCUT2D eigenvalue weighted by molar-refractivity contribution is 7.15. The number of nitrogens with zero attached hydrogens (tertiary/aromatic N) is 2. The number of carbonyl (C=O) groups is 3. The number of rotatable bonds is 7. The first kappa shape index (κ1) is 22.8. The van der Waals surface area contributed by atoms with Crippen molar-refractivity contribution in [3.05, 3.63) is 22.2 Å². The fraction of sp³-hybridized carbons (Fsp3) is 0.609. The lowest BCUT2D eigenvalue weighted by Gasteiger charge is -2.34. The topological polar surface area (TPSA) is 112 Å². The Kier molecular flexibility index (Phi) is 7.15. The summed E-state index contributed by atoms with van der Waals surface area (Å²) in [5.74, 6) is -0.565. The summed E-state index contributed by atoms with van der Waals surface area (Å²) < 4.78 is 5.54. The molecule has 3 heterocycles. The van der Waals surface area contributed by atoms with Crippen molar-refractivity contribution in [3.63, 3.8) is 0 Å². The van der Waals surface area contributed by atoms with E-state index in [4.69, 9.17) is 10.1 Å². The van der Waals surface area contributed by atoms with E-state index >= 15 is 0 Å². The van der Waals surface area contributed by atoms with E-state index in [0.29, 0.717) is 13.0 Å².